The number of ether oxygens (including phenoxy) is 1. The largest absolute Gasteiger partial charge is 0.462 e. The number of nitrogens with one attached hydrogen (secondary N) is 1. The number of hydrogen-bond acceptors (Lipinski definition) is 5. The molecule has 1 aromatic carbocycles. The molecule has 1 aliphatic rings. The maximum absolute atomic E-state index is 12.2. The molecule has 3 rings (SSSR count). The molecular formula is C18H23ClN2O3S. The number of halogens is 1. The second-order valence-corrected chi connectivity index (χ2v) is 7.27. The number of carbonyl (C=O) groups is 2. The first kappa shape index (κ1) is 19.7. The summed E-state index contributed by atoms with van der Waals surface area (Å²) in [7, 11) is 0. The molecule has 25 heavy (non-hydrogen) atoms. The van der Waals surface area contributed by atoms with Crippen LogP contribution < -0.4 is 11.1 Å². The third-order valence-electron chi connectivity index (χ3n) is 4.44. The molecule has 1 amide bonds. The molecule has 0 bridgehead atoms. The molecule has 136 valence electrons. The van der Waals surface area contributed by atoms with E-state index in [-0.39, 0.29) is 36.2 Å². The van der Waals surface area contributed by atoms with Gasteiger partial charge in [0.05, 0.1) is 6.61 Å². The van der Waals surface area contributed by atoms with E-state index in [1.165, 1.54) is 11.3 Å². The Labute approximate surface area is 157 Å². The molecule has 0 unspecified atom stereocenters. The summed E-state index contributed by atoms with van der Waals surface area (Å²) in [6, 6.07) is 7.61. The second kappa shape index (κ2) is 8.65. The van der Waals surface area contributed by atoms with Gasteiger partial charge in [0, 0.05) is 22.8 Å². The van der Waals surface area contributed by atoms with Crippen molar-refractivity contribution in [2.75, 3.05) is 11.9 Å². The van der Waals surface area contributed by atoms with Crippen LogP contribution in [0.25, 0.3) is 10.1 Å². The molecule has 0 saturated heterocycles. The van der Waals surface area contributed by atoms with Crippen molar-refractivity contribution in [3.05, 3.63) is 29.1 Å². The van der Waals surface area contributed by atoms with Crippen LogP contribution in [0.5, 0.6) is 0 Å². The van der Waals surface area contributed by atoms with E-state index in [4.69, 9.17) is 10.5 Å². The number of fused-ring (bicyclic) bond motifs is 1. The molecule has 2 aromatic rings. The Hall–Kier alpha value is -1.63. The van der Waals surface area contributed by atoms with E-state index in [0.717, 1.165) is 35.0 Å². The third-order valence-corrected chi connectivity index (χ3v) is 5.54. The zero-order valence-corrected chi connectivity index (χ0v) is 15.8. The number of hydrogen-bond donors (Lipinski definition) is 2. The van der Waals surface area contributed by atoms with Crippen molar-refractivity contribution >= 4 is 51.4 Å². The number of anilines is 1. The number of rotatable bonds is 5. The Morgan fingerprint density at radius 2 is 2.12 bits per heavy atom. The predicted octanol–water partition coefficient (Wildman–Crippen LogP) is 3.96. The smallest absolute Gasteiger partial charge is 0.348 e. The maximum Gasteiger partial charge on any atom is 0.348 e. The molecule has 7 heteroatoms. The lowest BCUT2D eigenvalue weighted by molar-refractivity contribution is -0.117. The SMILES string of the molecule is CCOC(=O)c1cc2cc(NC(=O)C[C@@H]3CCC[C@H]3N)ccc2s1.Cl. The van der Waals surface area contributed by atoms with Crippen LogP contribution in [0, 0.1) is 5.92 Å². The van der Waals surface area contributed by atoms with Crippen LogP contribution in [-0.2, 0) is 9.53 Å². The summed E-state index contributed by atoms with van der Waals surface area (Å²) in [5.41, 5.74) is 6.77. The molecule has 1 fully saturated rings. The Bertz CT molecular complexity index is 762. The monoisotopic (exact) mass is 382 g/mol. The third kappa shape index (κ3) is 4.71. The molecule has 3 N–H and O–H groups in total. The van der Waals surface area contributed by atoms with E-state index in [0.29, 0.717) is 17.9 Å². The summed E-state index contributed by atoms with van der Waals surface area (Å²) in [6.07, 6.45) is 3.62. The predicted molar refractivity (Wildman–Crippen MR) is 104 cm³/mol. The molecule has 0 aliphatic heterocycles. The highest BCUT2D eigenvalue weighted by Gasteiger charge is 2.26. The van der Waals surface area contributed by atoms with Gasteiger partial charge in [-0.3, -0.25) is 4.79 Å². The highest BCUT2D eigenvalue weighted by atomic mass is 35.5. The van der Waals surface area contributed by atoms with Crippen molar-refractivity contribution < 1.29 is 14.3 Å². The van der Waals surface area contributed by atoms with Gasteiger partial charge in [-0.15, -0.1) is 23.7 Å². The number of thiophene rings is 1. The Balaban J connectivity index is 0.00000225. The standard InChI is InChI=1S/C18H22N2O3S.ClH/c1-2-23-18(22)16-9-12-8-13(6-7-15(12)24-16)20-17(21)10-11-4-3-5-14(11)19;/h6-9,11,14H,2-5,10,19H2,1H3,(H,20,21);1H/t11-,14+;/m0./s1. The first-order chi connectivity index (χ1) is 11.6. The summed E-state index contributed by atoms with van der Waals surface area (Å²) in [6.45, 7) is 2.15. The minimum absolute atomic E-state index is 0. The van der Waals surface area contributed by atoms with Crippen LogP contribution in [0.1, 0.15) is 42.3 Å². The highest BCUT2D eigenvalue weighted by Crippen LogP contribution is 2.30. The van der Waals surface area contributed by atoms with E-state index in [9.17, 15) is 9.59 Å². The minimum atomic E-state index is -0.306. The summed E-state index contributed by atoms with van der Waals surface area (Å²) >= 11 is 1.40. The van der Waals surface area contributed by atoms with Gasteiger partial charge in [0.1, 0.15) is 4.88 Å². The number of benzene rings is 1. The molecule has 1 aromatic heterocycles. The zero-order chi connectivity index (χ0) is 17.1. The van der Waals surface area contributed by atoms with Crippen LogP contribution in [-0.4, -0.2) is 24.5 Å². The Morgan fingerprint density at radius 3 is 2.80 bits per heavy atom. The lowest BCUT2D eigenvalue weighted by Gasteiger charge is -2.14. The molecule has 5 nitrogen and oxygen atoms in total. The fourth-order valence-corrected chi connectivity index (χ4v) is 4.13. The normalized spacial score (nSPS) is 19.4. The van der Waals surface area contributed by atoms with Gasteiger partial charge >= 0.3 is 5.97 Å². The zero-order valence-electron chi connectivity index (χ0n) is 14.1. The van der Waals surface area contributed by atoms with Gasteiger partial charge in [-0.2, -0.15) is 0 Å². The summed E-state index contributed by atoms with van der Waals surface area (Å²) in [5.74, 6) is -0.0256. The topological polar surface area (TPSA) is 81.4 Å². The first-order valence-electron chi connectivity index (χ1n) is 8.33. The number of amides is 1. The van der Waals surface area contributed by atoms with E-state index < -0.39 is 0 Å². The summed E-state index contributed by atoms with van der Waals surface area (Å²) < 4.78 is 6.02. The van der Waals surface area contributed by atoms with E-state index >= 15 is 0 Å². The molecular weight excluding hydrogens is 360 g/mol. The first-order valence-corrected chi connectivity index (χ1v) is 9.14. The minimum Gasteiger partial charge on any atom is -0.462 e. The van der Waals surface area contributed by atoms with E-state index in [1.807, 2.05) is 18.2 Å². The molecule has 1 aliphatic carbocycles. The molecule has 0 spiro atoms. The van der Waals surface area contributed by atoms with Gasteiger partial charge in [-0.05, 0) is 55.3 Å². The van der Waals surface area contributed by atoms with Gasteiger partial charge in [0.15, 0.2) is 0 Å². The lowest BCUT2D eigenvalue weighted by atomic mass is 10.00. The maximum atomic E-state index is 12.2. The van der Waals surface area contributed by atoms with Crippen LogP contribution in [0.4, 0.5) is 5.69 Å². The van der Waals surface area contributed by atoms with Crippen LogP contribution in [0.3, 0.4) is 0 Å². The van der Waals surface area contributed by atoms with Crippen molar-refractivity contribution in [3.8, 4) is 0 Å². The average molecular weight is 383 g/mol. The lowest BCUT2D eigenvalue weighted by Crippen LogP contribution is -2.28. The molecule has 1 saturated carbocycles. The average Bonchev–Trinajstić information content (AvgIpc) is 3.14. The molecule has 1 heterocycles. The van der Waals surface area contributed by atoms with Gasteiger partial charge in [-0.25, -0.2) is 4.79 Å². The van der Waals surface area contributed by atoms with Gasteiger partial charge < -0.3 is 15.8 Å². The highest BCUT2D eigenvalue weighted by molar-refractivity contribution is 7.20. The second-order valence-electron chi connectivity index (χ2n) is 6.19. The van der Waals surface area contributed by atoms with Crippen molar-refractivity contribution in [3.63, 3.8) is 0 Å². The molecule has 2 atom stereocenters. The summed E-state index contributed by atoms with van der Waals surface area (Å²) in [4.78, 5) is 24.6. The quantitative estimate of drug-likeness (QED) is 0.767. The van der Waals surface area contributed by atoms with Gasteiger partial charge in [0.2, 0.25) is 5.91 Å². The van der Waals surface area contributed by atoms with Crippen molar-refractivity contribution in [2.24, 2.45) is 11.7 Å². The fourth-order valence-electron chi connectivity index (χ4n) is 3.19. The molecule has 0 radical (unpaired) electrons. The van der Waals surface area contributed by atoms with E-state index in [2.05, 4.69) is 5.32 Å². The van der Waals surface area contributed by atoms with Crippen molar-refractivity contribution in [1.82, 2.24) is 0 Å². The van der Waals surface area contributed by atoms with E-state index in [1.54, 1.807) is 13.0 Å². The number of nitrogens with two attached hydrogens (primary N) is 1. The van der Waals surface area contributed by atoms with Gasteiger partial charge in [0.25, 0.3) is 0 Å². The van der Waals surface area contributed by atoms with Crippen molar-refractivity contribution in [2.45, 2.75) is 38.6 Å². The number of carbonyl (C=O) groups excluding carboxylic acids is 2. The van der Waals surface area contributed by atoms with Crippen molar-refractivity contribution in [1.29, 1.82) is 0 Å². The van der Waals surface area contributed by atoms with Crippen LogP contribution in [0.15, 0.2) is 24.3 Å². The number of esters is 1. The summed E-state index contributed by atoms with van der Waals surface area (Å²) in [5, 5.41) is 3.87. The van der Waals surface area contributed by atoms with Gasteiger partial charge in [-0.1, -0.05) is 6.42 Å². The Morgan fingerprint density at radius 1 is 1.32 bits per heavy atom. The van der Waals surface area contributed by atoms with Crippen LogP contribution in [0.2, 0.25) is 0 Å². The Kier molecular flexibility index (Phi) is 6.81. The fraction of sp³-hybridized carbons (Fsp3) is 0.444. The van der Waals surface area contributed by atoms with Crippen LogP contribution >= 0.6 is 23.7 Å².